The van der Waals surface area contributed by atoms with Crippen LogP contribution in [0.1, 0.15) is 31.0 Å². The van der Waals surface area contributed by atoms with Crippen LogP contribution in [-0.4, -0.2) is 35.1 Å². The van der Waals surface area contributed by atoms with Gasteiger partial charge in [-0.25, -0.2) is 4.79 Å². The normalized spacial score (nSPS) is 22.9. The number of carbonyl (C=O) groups excluding carboxylic acids is 1. The minimum Gasteiger partial charge on any atom is -0.481 e. The number of aryl methyl sites for hydroxylation is 1. The van der Waals surface area contributed by atoms with Crippen LogP contribution in [0.3, 0.4) is 0 Å². The smallest absolute Gasteiger partial charge is 0.317 e. The van der Waals surface area contributed by atoms with Crippen LogP contribution < -0.4 is 5.32 Å². The van der Waals surface area contributed by atoms with E-state index in [1.165, 1.54) is 5.56 Å². The molecule has 0 aliphatic carbocycles. The van der Waals surface area contributed by atoms with E-state index < -0.39 is 11.9 Å². The van der Waals surface area contributed by atoms with Crippen molar-refractivity contribution < 1.29 is 14.7 Å². The number of carbonyl (C=O) groups is 2. The van der Waals surface area contributed by atoms with Gasteiger partial charge in [0.05, 0.1) is 12.0 Å². The van der Waals surface area contributed by atoms with Crippen LogP contribution in [0.15, 0.2) is 24.3 Å². The van der Waals surface area contributed by atoms with Gasteiger partial charge in [0.2, 0.25) is 0 Å². The summed E-state index contributed by atoms with van der Waals surface area (Å²) < 4.78 is 0. The third-order valence-corrected chi connectivity index (χ3v) is 4.13. The molecule has 1 aliphatic rings. The SMILES string of the molecule is Cc1ccc(C(C)NC(=O)N2C[C@@H](C)[C@H](C(=O)O)C2)cc1. The molecule has 1 heterocycles. The number of aliphatic carboxylic acids is 1. The molecule has 21 heavy (non-hydrogen) atoms. The predicted molar refractivity (Wildman–Crippen MR) is 80.0 cm³/mol. The van der Waals surface area contributed by atoms with E-state index >= 15 is 0 Å². The Labute approximate surface area is 125 Å². The highest BCUT2D eigenvalue weighted by Gasteiger charge is 2.37. The van der Waals surface area contributed by atoms with Gasteiger partial charge in [0.1, 0.15) is 0 Å². The zero-order valence-electron chi connectivity index (χ0n) is 12.7. The van der Waals surface area contributed by atoms with E-state index in [0.29, 0.717) is 6.54 Å². The van der Waals surface area contributed by atoms with E-state index in [2.05, 4.69) is 5.32 Å². The van der Waals surface area contributed by atoms with E-state index in [9.17, 15) is 9.59 Å². The lowest BCUT2D eigenvalue weighted by atomic mass is 9.99. The van der Waals surface area contributed by atoms with E-state index in [-0.39, 0.29) is 24.5 Å². The second kappa shape index (κ2) is 6.16. The lowest BCUT2D eigenvalue weighted by Crippen LogP contribution is -2.40. The Bertz CT molecular complexity index is 527. The maximum atomic E-state index is 12.2. The van der Waals surface area contributed by atoms with Crippen LogP contribution in [0, 0.1) is 18.8 Å². The van der Waals surface area contributed by atoms with E-state index in [0.717, 1.165) is 5.56 Å². The summed E-state index contributed by atoms with van der Waals surface area (Å²) in [6, 6.07) is 7.71. The lowest BCUT2D eigenvalue weighted by molar-refractivity contribution is -0.142. The van der Waals surface area contributed by atoms with Gasteiger partial charge in [0, 0.05) is 13.1 Å². The molecule has 0 bridgehead atoms. The first kappa shape index (κ1) is 15.4. The third kappa shape index (κ3) is 3.54. The number of rotatable bonds is 3. The summed E-state index contributed by atoms with van der Waals surface area (Å²) in [5.41, 5.74) is 2.21. The molecule has 114 valence electrons. The molecule has 1 aromatic rings. The topological polar surface area (TPSA) is 69.6 Å². The van der Waals surface area contributed by atoms with Crippen LogP contribution in [0.5, 0.6) is 0 Å². The average Bonchev–Trinajstić information content (AvgIpc) is 2.81. The molecule has 5 heteroatoms. The fraction of sp³-hybridized carbons (Fsp3) is 0.500. The molecule has 0 radical (unpaired) electrons. The number of amides is 2. The van der Waals surface area contributed by atoms with Crippen molar-refractivity contribution >= 4 is 12.0 Å². The molecule has 1 aromatic carbocycles. The van der Waals surface area contributed by atoms with Gasteiger partial charge < -0.3 is 15.3 Å². The quantitative estimate of drug-likeness (QED) is 0.898. The number of hydrogen-bond donors (Lipinski definition) is 2. The number of nitrogens with zero attached hydrogens (tertiary/aromatic N) is 1. The van der Waals surface area contributed by atoms with Gasteiger partial charge in [-0.1, -0.05) is 36.8 Å². The first-order valence-corrected chi connectivity index (χ1v) is 7.23. The van der Waals surface area contributed by atoms with E-state index in [1.807, 2.05) is 45.0 Å². The summed E-state index contributed by atoms with van der Waals surface area (Å²) in [5.74, 6) is -1.31. The van der Waals surface area contributed by atoms with Gasteiger partial charge in [-0.2, -0.15) is 0 Å². The molecular formula is C16H22N2O3. The zero-order chi connectivity index (χ0) is 15.6. The minimum atomic E-state index is -0.829. The fourth-order valence-corrected chi connectivity index (χ4v) is 2.67. The van der Waals surface area contributed by atoms with Crippen LogP contribution in [-0.2, 0) is 4.79 Å². The molecule has 1 unspecified atom stereocenters. The third-order valence-electron chi connectivity index (χ3n) is 4.13. The van der Waals surface area contributed by atoms with Gasteiger partial charge >= 0.3 is 12.0 Å². The molecule has 1 aliphatic heterocycles. The average molecular weight is 290 g/mol. The highest BCUT2D eigenvalue weighted by molar-refractivity contribution is 5.78. The van der Waals surface area contributed by atoms with Crippen molar-refractivity contribution in [1.29, 1.82) is 0 Å². The van der Waals surface area contributed by atoms with Crippen molar-refractivity contribution in [2.75, 3.05) is 13.1 Å². The number of benzene rings is 1. The Hall–Kier alpha value is -2.04. The Kier molecular flexibility index (Phi) is 4.50. The largest absolute Gasteiger partial charge is 0.481 e. The van der Waals surface area contributed by atoms with Gasteiger partial charge in [-0.15, -0.1) is 0 Å². The zero-order valence-corrected chi connectivity index (χ0v) is 12.7. The summed E-state index contributed by atoms with van der Waals surface area (Å²) >= 11 is 0. The van der Waals surface area contributed by atoms with Gasteiger partial charge in [-0.3, -0.25) is 4.79 Å². The van der Waals surface area contributed by atoms with Crippen molar-refractivity contribution in [2.45, 2.75) is 26.8 Å². The highest BCUT2D eigenvalue weighted by Crippen LogP contribution is 2.23. The summed E-state index contributed by atoms with van der Waals surface area (Å²) in [6.07, 6.45) is 0. The Morgan fingerprint density at radius 2 is 1.90 bits per heavy atom. The molecule has 0 spiro atoms. The number of urea groups is 1. The van der Waals surface area contributed by atoms with E-state index in [4.69, 9.17) is 5.11 Å². The summed E-state index contributed by atoms with van der Waals surface area (Å²) in [6.45, 7) is 6.59. The fourth-order valence-electron chi connectivity index (χ4n) is 2.67. The maximum Gasteiger partial charge on any atom is 0.317 e. The molecule has 1 saturated heterocycles. The van der Waals surface area contributed by atoms with Crippen LogP contribution in [0.2, 0.25) is 0 Å². The Morgan fingerprint density at radius 3 is 2.43 bits per heavy atom. The number of likely N-dealkylation sites (tertiary alicyclic amines) is 1. The molecule has 0 saturated carbocycles. The van der Waals surface area contributed by atoms with Crippen molar-refractivity contribution in [3.63, 3.8) is 0 Å². The van der Waals surface area contributed by atoms with E-state index in [1.54, 1.807) is 4.90 Å². The van der Waals surface area contributed by atoms with Gasteiger partial charge in [0.25, 0.3) is 0 Å². The van der Waals surface area contributed by atoms with Gasteiger partial charge in [-0.05, 0) is 25.3 Å². The van der Waals surface area contributed by atoms with Crippen molar-refractivity contribution in [3.8, 4) is 0 Å². The molecule has 2 N–H and O–H groups in total. The first-order valence-electron chi connectivity index (χ1n) is 7.23. The molecule has 0 aromatic heterocycles. The molecular weight excluding hydrogens is 268 g/mol. The Morgan fingerprint density at radius 1 is 1.29 bits per heavy atom. The predicted octanol–water partition coefficient (Wildman–Crippen LogP) is 2.42. The standard InChI is InChI=1S/C16H22N2O3/c1-10-4-6-13(7-5-10)12(3)17-16(21)18-8-11(2)14(9-18)15(19)20/h4-7,11-12,14H,8-9H2,1-3H3,(H,17,21)(H,19,20)/t11-,12?,14-/m1/s1. The lowest BCUT2D eigenvalue weighted by Gasteiger charge is -2.21. The number of carboxylic acid groups (broad SMARTS) is 1. The second-order valence-corrected chi connectivity index (χ2v) is 5.91. The minimum absolute atomic E-state index is 0.0112. The number of hydrogen-bond acceptors (Lipinski definition) is 2. The van der Waals surface area contributed by atoms with Crippen molar-refractivity contribution in [3.05, 3.63) is 35.4 Å². The van der Waals surface area contributed by atoms with Crippen molar-refractivity contribution in [2.24, 2.45) is 11.8 Å². The summed E-state index contributed by atoms with van der Waals surface area (Å²) in [5, 5.41) is 12.0. The van der Waals surface area contributed by atoms with Crippen LogP contribution in [0.4, 0.5) is 4.79 Å². The maximum absolute atomic E-state index is 12.2. The highest BCUT2D eigenvalue weighted by atomic mass is 16.4. The second-order valence-electron chi connectivity index (χ2n) is 5.91. The number of carboxylic acids is 1. The molecule has 1 fully saturated rings. The van der Waals surface area contributed by atoms with Crippen molar-refractivity contribution in [1.82, 2.24) is 10.2 Å². The van der Waals surface area contributed by atoms with Crippen LogP contribution in [0.25, 0.3) is 0 Å². The molecule has 2 amide bonds. The monoisotopic (exact) mass is 290 g/mol. The molecule has 2 rings (SSSR count). The van der Waals surface area contributed by atoms with Crippen LogP contribution >= 0.6 is 0 Å². The Balaban J connectivity index is 1.95. The summed E-state index contributed by atoms with van der Waals surface area (Å²) in [4.78, 5) is 24.9. The first-order chi connectivity index (χ1) is 9.88. The summed E-state index contributed by atoms with van der Waals surface area (Å²) in [7, 11) is 0. The molecule has 5 nitrogen and oxygen atoms in total. The van der Waals surface area contributed by atoms with Gasteiger partial charge in [0.15, 0.2) is 0 Å². The number of nitrogens with one attached hydrogen (secondary N) is 1. The molecule has 3 atom stereocenters.